The molecule has 2 aromatic carbocycles. The molecular weight excluding hydrogens is 456 g/mol. The number of rotatable bonds is 6. The van der Waals surface area contributed by atoms with Crippen LogP contribution in [0.1, 0.15) is 40.5 Å². The second-order valence-corrected chi connectivity index (χ2v) is 10.4. The number of fused-ring (bicyclic) bond motifs is 1. The molecular formula is C28H28N4O2S. The molecule has 1 unspecified atom stereocenters. The fourth-order valence-corrected chi connectivity index (χ4v) is 6.20. The van der Waals surface area contributed by atoms with Crippen molar-refractivity contribution in [2.45, 2.75) is 32.2 Å². The number of nitrogens with zero attached hydrogens (tertiary/aromatic N) is 4. The molecule has 0 bridgehead atoms. The maximum absolute atomic E-state index is 11.3. The summed E-state index contributed by atoms with van der Waals surface area (Å²) in [5.74, 6) is 1.92. The SMILES string of the molecule is Cc1ccc(C(c2sc3nc(-c4ccco4)nn3c2O)N2CCC(Cc3ccccc3)CC2)cc1. The fourth-order valence-electron chi connectivity index (χ4n) is 5.08. The molecule has 4 heterocycles. The summed E-state index contributed by atoms with van der Waals surface area (Å²) >= 11 is 1.50. The van der Waals surface area contributed by atoms with Crippen LogP contribution in [0.4, 0.5) is 0 Å². The van der Waals surface area contributed by atoms with E-state index in [1.54, 1.807) is 10.8 Å². The van der Waals surface area contributed by atoms with Gasteiger partial charge in [0, 0.05) is 0 Å². The summed E-state index contributed by atoms with van der Waals surface area (Å²) in [5, 5.41) is 15.8. The molecule has 0 saturated carbocycles. The van der Waals surface area contributed by atoms with Gasteiger partial charge in [0.15, 0.2) is 5.76 Å². The van der Waals surface area contributed by atoms with Gasteiger partial charge in [-0.15, -0.1) is 5.10 Å². The molecule has 35 heavy (non-hydrogen) atoms. The molecule has 1 fully saturated rings. The van der Waals surface area contributed by atoms with Crippen LogP contribution in [0.15, 0.2) is 77.4 Å². The van der Waals surface area contributed by atoms with Crippen molar-refractivity contribution in [1.29, 1.82) is 0 Å². The fraction of sp³-hybridized carbons (Fsp3) is 0.286. The molecule has 6 rings (SSSR count). The van der Waals surface area contributed by atoms with E-state index in [0.29, 0.717) is 22.5 Å². The summed E-state index contributed by atoms with van der Waals surface area (Å²) in [5.41, 5.74) is 3.82. The van der Waals surface area contributed by atoms with E-state index >= 15 is 0 Å². The van der Waals surface area contributed by atoms with Crippen LogP contribution in [0.5, 0.6) is 5.88 Å². The molecule has 0 radical (unpaired) electrons. The van der Waals surface area contributed by atoms with Gasteiger partial charge in [-0.05, 0) is 68.5 Å². The van der Waals surface area contributed by atoms with Gasteiger partial charge in [0.2, 0.25) is 16.7 Å². The van der Waals surface area contributed by atoms with Gasteiger partial charge in [0.25, 0.3) is 0 Å². The summed E-state index contributed by atoms with van der Waals surface area (Å²) in [6.45, 7) is 4.08. The highest BCUT2D eigenvalue weighted by molar-refractivity contribution is 7.17. The third-order valence-electron chi connectivity index (χ3n) is 6.96. The monoisotopic (exact) mass is 484 g/mol. The summed E-state index contributed by atoms with van der Waals surface area (Å²) in [6.07, 6.45) is 5.01. The number of likely N-dealkylation sites (tertiary alicyclic amines) is 1. The lowest BCUT2D eigenvalue weighted by Gasteiger charge is -2.37. The number of hydrogen-bond donors (Lipinski definition) is 1. The Morgan fingerprint density at radius 2 is 1.80 bits per heavy atom. The van der Waals surface area contributed by atoms with Gasteiger partial charge in [-0.25, -0.2) is 0 Å². The number of benzene rings is 2. The molecule has 5 aromatic rings. The van der Waals surface area contributed by atoms with E-state index in [0.717, 1.165) is 37.2 Å². The molecule has 1 N–H and O–H groups in total. The van der Waals surface area contributed by atoms with E-state index in [-0.39, 0.29) is 11.9 Å². The number of aromatic nitrogens is 3. The van der Waals surface area contributed by atoms with E-state index in [2.05, 4.69) is 76.5 Å². The first kappa shape index (κ1) is 22.1. The van der Waals surface area contributed by atoms with Gasteiger partial charge in [-0.2, -0.15) is 9.50 Å². The predicted octanol–water partition coefficient (Wildman–Crippen LogP) is 6.11. The quantitative estimate of drug-likeness (QED) is 0.315. The van der Waals surface area contributed by atoms with Gasteiger partial charge in [0.1, 0.15) is 0 Å². The van der Waals surface area contributed by atoms with Crippen LogP contribution in [0, 0.1) is 12.8 Å². The van der Waals surface area contributed by atoms with Crippen molar-refractivity contribution in [3.05, 3.63) is 94.6 Å². The number of aromatic hydroxyl groups is 1. The molecule has 7 heteroatoms. The number of furan rings is 1. The molecule has 0 aliphatic carbocycles. The van der Waals surface area contributed by atoms with Crippen molar-refractivity contribution in [2.24, 2.45) is 5.92 Å². The highest BCUT2D eigenvalue weighted by Gasteiger charge is 2.32. The Bertz CT molecular complexity index is 1400. The van der Waals surface area contributed by atoms with Crippen molar-refractivity contribution in [2.75, 3.05) is 13.1 Å². The van der Waals surface area contributed by atoms with Gasteiger partial charge in [-0.3, -0.25) is 4.90 Å². The lowest BCUT2D eigenvalue weighted by atomic mass is 9.88. The zero-order valence-corrected chi connectivity index (χ0v) is 20.5. The maximum Gasteiger partial charge on any atom is 0.230 e. The van der Waals surface area contributed by atoms with Gasteiger partial charge in [-0.1, -0.05) is 71.5 Å². The first-order valence-corrected chi connectivity index (χ1v) is 12.9. The molecule has 0 spiro atoms. The minimum absolute atomic E-state index is 0.0335. The lowest BCUT2D eigenvalue weighted by Crippen LogP contribution is -2.37. The topological polar surface area (TPSA) is 66.8 Å². The van der Waals surface area contributed by atoms with Crippen molar-refractivity contribution in [3.8, 4) is 17.5 Å². The van der Waals surface area contributed by atoms with Crippen LogP contribution in [0.2, 0.25) is 0 Å². The molecule has 1 saturated heterocycles. The molecule has 1 aliphatic rings. The highest BCUT2D eigenvalue weighted by atomic mass is 32.1. The summed E-state index contributed by atoms with van der Waals surface area (Å²) < 4.78 is 6.98. The molecule has 0 amide bonds. The van der Waals surface area contributed by atoms with Crippen molar-refractivity contribution >= 4 is 16.3 Å². The highest BCUT2D eigenvalue weighted by Crippen LogP contribution is 2.42. The van der Waals surface area contributed by atoms with Crippen LogP contribution in [0.3, 0.4) is 0 Å². The zero-order chi connectivity index (χ0) is 23.8. The predicted molar refractivity (Wildman–Crippen MR) is 138 cm³/mol. The van der Waals surface area contributed by atoms with E-state index < -0.39 is 0 Å². The first-order chi connectivity index (χ1) is 17.2. The van der Waals surface area contributed by atoms with Crippen LogP contribution >= 0.6 is 11.3 Å². The third-order valence-corrected chi connectivity index (χ3v) is 8.04. The second-order valence-electron chi connectivity index (χ2n) is 9.38. The van der Waals surface area contributed by atoms with E-state index in [1.165, 1.54) is 28.0 Å². The minimum atomic E-state index is -0.0335. The standard InChI is InChI=1S/C28H28N4O2S/c1-19-9-11-22(12-10-19)24(31-15-13-21(14-16-31)18-20-6-3-2-4-7-20)25-27(33)32-28(35-25)29-26(30-32)23-8-5-17-34-23/h2-12,17,21,24,33H,13-16,18H2,1H3. The number of piperidine rings is 1. The molecule has 3 aromatic heterocycles. The van der Waals surface area contributed by atoms with Crippen LogP contribution in [-0.2, 0) is 6.42 Å². The molecule has 1 aliphatic heterocycles. The minimum Gasteiger partial charge on any atom is -0.492 e. The van der Waals surface area contributed by atoms with Gasteiger partial charge >= 0.3 is 0 Å². The van der Waals surface area contributed by atoms with Gasteiger partial charge in [0.05, 0.1) is 17.2 Å². The second kappa shape index (κ2) is 9.32. The Labute approximate surface area is 208 Å². The van der Waals surface area contributed by atoms with Crippen LogP contribution in [0.25, 0.3) is 16.5 Å². The summed E-state index contributed by atoms with van der Waals surface area (Å²) in [7, 11) is 0. The van der Waals surface area contributed by atoms with Crippen molar-refractivity contribution in [1.82, 2.24) is 19.5 Å². The van der Waals surface area contributed by atoms with E-state index in [4.69, 9.17) is 4.42 Å². The third kappa shape index (κ3) is 4.37. The van der Waals surface area contributed by atoms with E-state index in [1.807, 2.05) is 12.1 Å². The lowest BCUT2D eigenvalue weighted by molar-refractivity contribution is 0.150. The molecule has 6 nitrogen and oxygen atoms in total. The van der Waals surface area contributed by atoms with Crippen molar-refractivity contribution in [3.63, 3.8) is 0 Å². The first-order valence-electron chi connectivity index (χ1n) is 12.1. The molecule has 1 atom stereocenters. The Morgan fingerprint density at radius 1 is 1.03 bits per heavy atom. The van der Waals surface area contributed by atoms with Crippen molar-refractivity contribution < 1.29 is 9.52 Å². The van der Waals surface area contributed by atoms with Crippen LogP contribution < -0.4 is 0 Å². The number of aryl methyl sites for hydroxylation is 1. The smallest absolute Gasteiger partial charge is 0.230 e. The largest absolute Gasteiger partial charge is 0.492 e. The Kier molecular flexibility index (Phi) is 5.88. The normalized spacial score (nSPS) is 16.1. The van der Waals surface area contributed by atoms with E-state index in [9.17, 15) is 5.11 Å². The number of thiazole rings is 1. The average molecular weight is 485 g/mol. The Balaban J connectivity index is 1.29. The van der Waals surface area contributed by atoms with Crippen LogP contribution in [-0.4, -0.2) is 37.7 Å². The average Bonchev–Trinajstić information content (AvgIpc) is 3.61. The Hall–Kier alpha value is -3.42. The zero-order valence-electron chi connectivity index (χ0n) is 19.7. The Morgan fingerprint density at radius 3 is 2.49 bits per heavy atom. The molecule has 178 valence electrons. The maximum atomic E-state index is 11.3. The summed E-state index contributed by atoms with van der Waals surface area (Å²) in [4.78, 5) is 8.69. The summed E-state index contributed by atoms with van der Waals surface area (Å²) in [6, 6.07) is 23.0. The van der Waals surface area contributed by atoms with Gasteiger partial charge < -0.3 is 9.52 Å². The number of hydrogen-bond acceptors (Lipinski definition) is 6.